The molecular formula is C18H15ClN4O. The van der Waals surface area contributed by atoms with Gasteiger partial charge in [0.1, 0.15) is 0 Å². The van der Waals surface area contributed by atoms with Gasteiger partial charge >= 0.3 is 0 Å². The summed E-state index contributed by atoms with van der Waals surface area (Å²) in [4.78, 5) is 16.7. The zero-order chi connectivity index (χ0) is 16.5. The van der Waals surface area contributed by atoms with Crippen LogP contribution in [0.25, 0.3) is 11.4 Å². The molecule has 1 amide bonds. The quantitative estimate of drug-likeness (QED) is 0.761. The van der Waals surface area contributed by atoms with Gasteiger partial charge in [-0.05, 0) is 54.7 Å². The van der Waals surface area contributed by atoms with E-state index in [1.54, 1.807) is 6.07 Å². The highest BCUT2D eigenvalue weighted by atomic mass is 35.5. The molecule has 1 aromatic heterocycles. The summed E-state index contributed by atoms with van der Waals surface area (Å²) in [6.45, 7) is 0. The summed E-state index contributed by atoms with van der Waals surface area (Å²) in [7, 11) is 0. The van der Waals surface area contributed by atoms with Crippen molar-refractivity contribution in [1.29, 1.82) is 0 Å². The van der Waals surface area contributed by atoms with Gasteiger partial charge in [0, 0.05) is 11.1 Å². The van der Waals surface area contributed by atoms with Gasteiger partial charge in [-0.2, -0.15) is 4.98 Å². The molecule has 1 aliphatic carbocycles. The van der Waals surface area contributed by atoms with E-state index in [4.69, 9.17) is 11.6 Å². The first-order valence-electron chi connectivity index (χ1n) is 7.81. The molecule has 5 nitrogen and oxygen atoms in total. The summed E-state index contributed by atoms with van der Waals surface area (Å²) in [5.41, 5.74) is 3.96. The molecule has 0 bridgehead atoms. The Hall–Kier alpha value is -2.66. The Morgan fingerprint density at radius 2 is 1.96 bits per heavy atom. The fourth-order valence-electron chi connectivity index (χ4n) is 2.98. The van der Waals surface area contributed by atoms with Gasteiger partial charge in [0.25, 0.3) is 5.91 Å². The van der Waals surface area contributed by atoms with Crippen LogP contribution < -0.4 is 5.32 Å². The molecule has 0 saturated heterocycles. The molecule has 0 atom stereocenters. The second-order valence-electron chi connectivity index (χ2n) is 5.78. The van der Waals surface area contributed by atoms with Crippen LogP contribution in [0.2, 0.25) is 5.02 Å². The van der Waals surface area contributed by atoms with Crippen molar-refractivity contribution in [3.8, 4) is 11.4 Å². The van der Waals surface area contributed by atoms with Crippen LogP contribution in [0.5, 0.6) is 0 Å². The first-order valence-corrected chi connectivity index (χ1v) is 8.19. The summed E-state index contributed by atoms with van der Waals surface area (Å²) in [5.74, 6) is 0.537. The van der Waals surface area contributed by atoms with Gasteiger partial charge in [0.05, 0.1) is 5.02 Å². The Balaban J connectivity index is 1.54. The van der Waals surface area contributed by atoms with Crippen molar-refractivity contribution in [3.05, 3.63) is 64.2 Å². The Morgan fingerprint density at radius 1 is 1.12 bits per heavy atom. The number of aromatic nitrogens is 3. The highest BCUT2D eigenvalue weighted by Gasteiger charge is 2.16. The number of nitrogens with one attached hydrogen (secondary N) is 2. The van der Waals surface area contributed by atoms with Crippen molar-refractivity contribution in [2.24, 2.45) is 0 Å². The number of hydrogen-bond acceptors (Lipinski definition) is 3. The van der Waals surface area contributed by atoms with E-state index in [0.29, 0.717) is 16.4 Å². The molecule has 1 heterocycles. The summed E-state index contributed by atoms with van der Waals surface area (Å²) in [5, 5.41) is 10.1. The van der Waals surface area contributed by atoms with Crippen molar-refractivity contribution in [3.63, 3.8) is 0 Å². The Kier molecular flexibility index (Phi) is 3.78. The molecule has 2 N–H and O–H groups in total. The molecule has 0 saturated carbocycles. The van der Waals surface area contributed by atoms with Crippen molar-refractivity contribution in [2.45, 2.75) is 19.3 Å². The molecule has 3 aromatic rings. The van der Waals surface area contributed by atoms with E-state index >= 15 is 0 Å². The van der Waals surface area contributed by atoms with Crippen LogP contribution in [0.3, 0.4) is 0 Å². The van der Waals surface area contributed by atoms with E-state index in [1.807, 2.05) is 36.4 Å². The zero-order valence-electron chi connectivity index (χ0n) is 12.8. The van der Waals surface area contributed by atoms with E-state index in [-0.39, 0.29) is 11.9 Å². The van der Waals surface area contributed by atoms with Crippen LogP contribution in [-0.2, 0) is 12.8 Å². The third kappa shape index (κ3) is 2.78. The van der Waals surface area contributed by atoms with Crippen LogP contribution in [0.4, 0.5) is 5.95 Å². The van der Waals surface area contributed by atoms with E-state index in [2.05, 4.69) is 20.5 Å². The molecule has 1 aliphatic rings. The van der Waals surface area contributed by atoms with Gasteiger partial charge in [0.15, 0.2) is 5.82 Å². The number of fused-ring (bicyclic) bond motifs is 1. The molecule has 120 valence electrons. The largest absolute Gasteiger partial charge is 0.289 e. The lowest BCUT2D eigenvalue weighted by Crippen LogP contribution is -2.13. The second kappa shape index (κ2) is 6.09. The van der Waals surface area contributed by atoms with Crippen LogP contribution in [0.15, 0.2) is 42.5 Å². The van der Waals surface area contributed by atoms with Crippen molar-refractivity contribution < 1.29 is 4.79 Å². The second-order valence-corrected chi connectivity index (χ2v) is 6.19. The van der Waals surface area contributed by atoms with E-state index in [1.165, 1.54) is 11.1 Å². The minimum absolute atomic E-state index is 0.214. The maximum Gasteiger partial charge on any atom is 0.258 e. The summed E-state index contributed by atoms with van der Waals surface area (Å²) in [6.07, 6.45) is 3.29. The predicted octanol–water partition coefficient (Wildman–Crippen LogP) is 3.87. The SMILES string of the molecule is O=C(Nc1n[nH]c(-c2ccccc2Cl)n1)c1ccc2c(c1)CCC2. The third-order valence-electron chi connectivity index (χ3n) is 4.20. The molecule has 6 heteroatoms. The lowest BCUT2D eigenvalue weighted by atomic mass is 10.1. The van der Waals surface area contributed by atoms with Gasteiger partial charge in [-0.1, -0.05) is 29.8 Å². The van der Waals surface area contributed by atoms with Crippen molar-refractivity contribution in [2.75, 3.05) is 5.32 Å². The number of carbonyl (C=O) groups is 1. The number of H-pyrrole nitrogens is 1. The topological polar surface area (TPSA) is 70.7 Å². The predicted molar refractivity (Wildman–Crippen MR) is 93.2 cm³/mol. The minimum Gasteiger partial charge on any atom is -0.289 e. The zero-order valence-corrected chi connectivity index (χ0v) is 13.6. The fourth-order valence-corrected chi connectivity index (χ4v) is 3.20. The normalized spacial score (nSPS) is 12.9. The highest BCUT2D eigenvalue weighted by Crippen LogP contribution is 2.25. The lowest BCUT2D eigenvalue weighted by molar-refractivity contribution is 0.102. The Morgan fingerprint density at radius 3 is 2.83 bits per heavy atom. The molecule has 0 fully saturated rings. The number of nitrogens with zero attached hydrogens (tertiary/aromatic N) is 2. The molecular weight excluding hydrogens is 324 g/mol. The lowest BCUT2D eigenvalue weighted by Gasteiger charge is -2.04. The van der Waals surface area contributed by atoms with E-state index in [0.717, 1.165) is 24.8 Å². The molecule has 0 aliphatic heterocycles. The van der Waals surface area contributed by atoms with E-state index < -0.39 is 0 Å². The molecule has 24 heavy (non-hydrogen) atoms. The van der Waals surface area contributed by atoms with Gasteiger partial charge in [-0.3, -0.25) is 15.2 Å². The van der Waals surface area contributed by atoms with Gasteiger partial charge < -0.3 is 0 Å². The monoisotopic (exact) mass is 338 g/mol. The molecule has 0 spiro atoms. The highest BCUT2D eigenvalue weighted by molar-refractivity contribution is 6.33. The van der Waals surface area contributed by atoms with Gasteiger partial charge in [-0.15, -0.1) is 5.10 Å². The number of benzene rings is 2. The van der Waals surface area contributed by atoms with E-state index in [9.17, 15) is 4.79 Å². The van der Waals surface area contributed by atoms with Crippen molar-refractivity contribution >= 4 is 23.5 Å². The number of aromatic amines is 1. The van der Waals surface area contributed by atoms with Gasteiger partial charge in [0.2, 0.25) is 5.95 Å². The third-order valence-corrected chi connectivity index (χ3v) is 4.53. The number of amides is 1. The van der Waals surface area contributed by atoms with Crippen LogP contribution in [0.1, 0.15) is 27.9 Å². The fraction of sp³-hybridized carbons (Fsp3) is 0.167. The number of aryl methyl sites for hydroxylation is 2. The standard InChI is InChI=1S/C18H15ClN4O/c19-15-7-2-1-6-14(15)16-20-18(23-22-16)21-17(24)13-9-8-11-4-3-5-12(11)10-13/h1-2,6-10H,3-5H2,(H2,20,21,22,23,24). The number of halogens is 1. The van der Waals surface area contributed by atoms with Crippen LogP contribution >= 0.6 is 11.6 Å². The summed E-state index contributed by atoms with van der Waals surface area (Å²) >= 11 is 6.15. The maximum atomic E-state index is 12.4. The van der Waals surface area contributed by atoms with Gasteiger partial charge in [-0.25, -0.2) is 0 Å². The average Bonchev–Trinajstić information content (AvgIpc) is 3.23. The number of rotatable bonds is 3. The molecule has 0 unspecified atom stereocenters. The number of hydrogen-bond donors (Lipinski definition) is 2. The molecule has 4 rings (SSSR count). The number of anilines is 1. The molecule has 0 radical (unpaired) electrons. The summed E-state index contributed by atoms with van der Waals surface area (Å²) < 4.78 is 0. The summed E-state index contributed by atoms with van der Waals surface area (Å²) in [6, 6.07) is 13.2. The average molecular weight is 339 g/mol. The first-order chi connectivity index (χ1) is 11.7. The Bertz CT molecular complexity index is 919. The maximum absolute atomic E-state index is 12.4. The number of carbonyl (C=O) groups excluding carboxylic acids is 1. The van der Waals surface area contributed by atoms with Crippen LogP contribution in [-0.4, -0.2) is 21.1 Å². The Labute approximate surface area is 144 Å². The van der Waals surface area contributed by atoms with Crippen molar-refractivity contribution in [1.82, 2.24) is 15.2 Å². The van der Waals surface area contributed by atoms with Crippen LogP contribution in [0, 0.1) is 0 Å². The molecule has 2 aromatic carbocycles. The smallest absolute Gasteiger partial charge is 0.258 e. The first kappa shape index (κ1) is 14.9. The minimum atomic E-state index is -0.214.